The second-order valence-corrected chi connectivity index (χ2v) is 5.66. The molecule has 0 amide bonds. The Kier molecular flexibility index (Phi) is 5.11. The van der Waals surface area contributed by atoms with Gasteiger partial charge in [-0.05, 0) is 30.7 Å². The predicted octanol–water partition coefficient (Wildman–Crippen LogP) is 3.52. The van der Waals surface area contributed by atoms with E-state index in [0.29, 0.717) is 22.5 Å². The fourth-order valence-electron chi connectivity index (χ4n) is 2.44. The van der Waals surface area contributed by atoms with Gasteiger partial charge in [0.25, 0.3) is 0 Å². The predicted molar refractivity (Wildman–Crippen MR) is 92.6 cm³/mol. The van der Waals surface area contributed by atoms with E-state index in [4.69, 9.17) is 4.84 Å². The number of hydrogen-bond acceptors (Lipinski definition) is 4. The average Bonchev–Trinajstić information content (AvgIpc) is 3.07. The number of hydrogen-bond donors (Lipinski definition) is 1. The number of aromatic nitrogens is 3. The van der Waals surface area contributed by atoms with Crippen LogP contribution in [0.3, 0.4) is 0 Å². The van der Waals surface area contributed by atoms with Gasteiger partial charge in [-0.15, -0.1) is 0 Å². The number of alkyl halides is 3. The molecule has 0 bridgehead atoms. The van der Waals surface area contributed by atoms with Gasteiger partial charge in [-0.2, -0.15) is 23.0 Å². The van der Waals surface area contributed by atoms with Gasteiger partial charge in [0.1, 0.15) is 12.9 Å². The Labute approximate surface area is 151 Å². The zero-order valence-corrected chi connectivity index (χ0v) is 14.2. The van der Waals surface area contributed by atoms with Gasteiger partial charge in [-0.1, -0.05) is 35.5 Å². The van der Waals surface area contributed by atoms with Gasteiger partial charge in [0.2, 0.25) is 0 Å². The highest BCUT2D eigenvalue weighted by Crippen LogP contribution is 2.29. The van der Waals surface area contributed by atoms with Crippen molar-refractivity contribution in [3.8, 4) is 5.69 Å². The summed E-state index contributed by atoms with van der Waals surface area (Å²) in [6.07, 6.45) is -3.15. The molecule has 1 heterocycles. The largest absolute Gasteiger partial charge is 0.416 e. The van der Waals surface area contributed by atoms with Crippen molar-refractivity contribution in [3.63, 3.8) is 0 Å². The number of para-hydroxylation sites is 1. The molecule has 3 rings (SSSR count). The van der Waals surface area contributed by atoms with Crippen LogP contribution in [0.5, 0.6) is 0 Å². The minimum atomic E-state index is -4.42. The molecule has 0 saturated carbocycles. The van der Waals surface area contributed by atoms with Crippen molar-refractivity contribution in [1.82, 2.24) is 14.8 Å². The average molecular weight is 376 g/mol. The Morgan fingerprint density at radius 1 is 1.22 bits per heavy atom. The molecule has 1 aromatic heterocycles. The SMILES string of the molecule is C/C(=N\OCc1ccccc1-n1nc[nH]c1=O)c1cccc(C(F)(F)F)c1. The molecule has 0 radical (unpaired) electrons. The molecule has 0 aliphatic carbocycles. The highest BCUT2D eigenvalue weighted by atomic mass is 19.4. The molecule has 27 heavy (non-hydrogen) atoms. The van der Waals surface area contributed by atoms with Crippen molar-refractivity contribution in [3.05, 3.63) is 82.0 Å². The molecular formula is C18H15F3N4O2. The number of aromatic amines is 1. The molecule has 0 saturated heterocycles. The number of H-pyrrole nitrogens is 1. The molecular weight excluding hydrogens is 361 g/mol. The molecule has 2 aromatic carbocycles. The Balaban J connectivity index is 1.77. The lowest BCUT2D eigenvalue weighted by Gasteiger charge is -2.09. The molecule has 0 fully saturated rings. The van der Waals surface area contributed by atoms with E-state index in [1.54, 1.807) is 31.2 Å². The monoisotopic (exact) mass is 376 g/mol. The van der Waals surface area contributed by atoms with Gasteiger partial charge in [0, 0.05) is 5.56 Å². The molecule has 0 spiro atoms. The third-order valence-electron chi connectivity index (χ3n) is 3.80. The second-order valence-electron chi connectivity index (χ2n) is 5.66. The second kappa shape index (κ2) is 7.48. The molecule has 0 aliphatic heterocycles. The Morgan fingerprint density at radius 2 is 2.00 bits per heavy atom. The lowest BCUT2D eigenvalue weighted by atomic mass is 10.1. The summed E-state index contributed by atoms with van der Waals surface area (Å²) in [6, 6.07) is 11.8. The van der Waals surface area contributed by atoms with Crippen molar-refractivity contribution in [2.24, 2.45) is 5.16 Å². The normalized spacial score (nSPS) is 12.2. The maximum atomic E-state index is 12.8. The number of benzene rings is 2. The van der Waals surface area contributed by atoms with E-state index in [1.807, 2.05) is 0 Å². The third kappa shape index (κ3) is 4.25. The first kappa shape index (κ1) is 18.4. The van der Waals surface area contributed by atoms with Gasteiger partial charge in [-0.25, -0.2) is 4.79 Å². The van der Waals surface area contributed by atoms with Crippen LogP contribution in [-0.4, -0.2) is 20.5 Å². The first-order valence-electron chi connectivity index (χ1n) is 7.91. The first-order chi connectivity index (χ1) is 12.9. The lowest BCUT2D eigenvalue weighted by molar-refractivity contribution is -0.137. The summed E-state index contributed by atoms with van der Waals surface area (Å²) in [5.41, 5.74) is 0.629. The smallest absolute Gasteiger partial charge is 0.391 e. The maximum absolute atomic E-state index is 12.8. The lowest BCUT2D eigenvalue weighted by Crippen LogP contribution is -2.17. The van der Waals surface area contributed by atoms with Crippen LogP contribution in [0.25, 0.3) is 5.69 Å². The zero-order valence-electron chi connectivity index (χ0n) is 14.2. The fraction of sp³-hybridized carbons (Fsp3) is 0.167. The molecule has 6 nitrogen and oxygen atoms in total. The van der Waals surface area contributed by atoms with Crippen LogP contribution in [0.15, 0.2) is 64.8 Å². The standard InChI is InChI=1S/C18H15F3N4O2/c1-12(13-6-4-7-15(9-13)18(19,20)21)24-27-10-14-5-2-3-8-16(14)25-17(26)22-11-23-25/h2-9,11H,10H2,1H3,(H,22,23,26)/b24-12+. The highest BCUT2D eigenvalue weighted by molar-refractivity contribution is 5.98. The molecule has 140 valence electrons. The van der Waals surface area contributed by atoms with Crippen molar-refractivity contribution in [2.45, 2.75) is 19.7 Å². The minimum absolute atomic E-state index is 0.0196. The summed E-state index contributed by atoms with van der Waals surface area (Å²) in [4.78, 5) is 19.5. The van der Waals surface area contributed by atoms with E-state index < -0.39 is 17.4 Å². The molecule has 1 N–H and O–H groups in total. The number of nitrogens with zero attached hydrogens (tertiary/aromatic N) is 3. The summed E-state index contributed by atoms with van der Waals surface area (Å²) >= 11 is 0. The van der Waals surface area contributed by atoms with Gasteiger partial charge < -0.3 is 4.84 Å². The zero-order chi connectivity index (χ0) is 19.4. The van der Waals surface area contributed by atoms with E-state index in [9.17, 15) is 18.0 Å². The van der Waals surface area contributed by atoms with Crippen molar-refractivity contribution in [2.75, 3.05) is 0 Å². The number of rotatable bonds is 5. The maximum Gasteiger partial charge on any atom is 0.416 e. The quantitative estimate of drug-likeness (QED) is 0.547. The van der Waals surface area contributed by atoms with Crippen LogP contribution in [-0.2, 0) is 17.6 Å². The number of halogens is 3. The topological polar surface area (TPSA) is 72.3 Å². The van der Waals surface area contributed by atoms with Crippen LogP contribution in [0.2, 0.25) is 0 Å². The Morgan fingerprint density at radius 3 is 2.70 bits per heavy atom. The molecule has 0 atom stereocenters. The number of oxime groups is 1. The van der Waals surface area contributed by atoms with Crippen molar-refractivity contribution in [1.29, 1.82) is 0 Å². The summed E-state index contributed by atoms with van der Waals surface area (Å²) in [5, 5.41) is 7.81. The summed E-state index contributed by atoms with van der Waals surface area (Å²) < 4.78 is 39.6. The Hall–Kier alpha value is -3.36. The fourth-order valence-corrected chi connectivity index (χ4v) is 2.44. The van der Waals surface area contributed by atoms with Crippen molar-refractivity contribution < 1.29 is 18.0 Å². The molecule has 9 heteroatoms. The van der Waals surface area contributed by atoms with Gasteiger partial charge in [-0.3, -0.25) is 4.98 Å². The molecule has 0 unspecified atom stereocenters. The van der Waals surface area contributed by atoms with Gasteiger partial charge >= 0.3 is 11.9 Å². The van der Waals surface area contributed by atoms with Gasteiger partial charge in [0.15, 0.2) is 0 Å². The summed E-state index contributed by atoms with van der Waals surface area (Å²) in [6.45, 7) is 1.57. The third-order valence-corrected chi connectivity index (χ3v) is 3.80. The van der Waals surface area contributed by atoms with Crippen LogP contribution >= 0.6 is 0 Å². The van der Waals surface area contributed by atoms with Crippen LogP contribution in [0, 0.1) is 0 Å². The van der Waals surface area contributed by atoms with Crippen LogP contribution in [0.1, 0.15) is 23.6 Å². The van der Waals surface area contributed by atoms with E-state index >= 15 is 0 Å². The Bertz CT molecular complexity index is 1020. The van der Waals surface area contributed by atoms with E-state index in [1.165, 1.54) is 23.1 Å². The van der Waals surface area contributed by atoms with E-state index in [0.717, 1.165) is 12.1 Å². The molecule has 3 aromatic rings. The summed E-state index contributed by atoms with van der Waals surface area (Å²) in [5.74, 6) is 0. The van der Waals surface area contributed by atoms with Crippen LogP contribution in [0.4, 0.5) is 13.2 Å². The minimum Gasteiger partial charge on any atom is -0.391 e. The van der Waals surface area contributed by atoms with E-state index in [2.05, 4.69) is 15.2 Å². The number of nitrogens with one attached hydrogen (secondary N) is 1. The van der Waals surface area contributed by atoms with E-state index in [-0.39, 0.29) is 6.61 Å². The highest BCUT2D eigenvalue weighted by Gasteiger charge is 2.30. The van der Waals surface area contributed by atoms with Gasteiger partial charge in [0.05, 0.1) is 17.0 Å². The summed E-state index contributed by atoms with van der Waals surface area (Å²) in [7, 11) is 0. The van der Waals surface area contributed by atoms with Crippen LogP contribution < -0.4 is 5.69 Å². The van der Waals surface area contributed by atoms with Crippen molar-refractivity contribution >= 4 is 5.71 Å². The molecule has 0 aliphatic rings. The first-order valence-corrected chi connectivity index (χ1v) is 7.91.